The third kappa shape index (κ3) is 1.94. The van der Waals surface area contributed by atoms with Crippen LogP contribution in [-0.2, 0) is 9.59 Å². The molecule has 0 aromatic heterocycles. The van der Waals surface area contributed by atoms with Gasteiger partial charge in [0.1, 0.15) is 0 Å². The van der Waals surface area contributed by atoms with Gasteiger partial charge in [-0.3, -0.25) is 20.4 Å². The molecular weight excluding hydrogens is 164 g/mol. The first kappa shape index (κ1) is 9.88. The zero-order valence-corrected chi connectivity index (χ0v) is 6.00. The van der Waals surface area contributed by atoms with Gasteiger partial charge in [-0.25, -0.2) is 4.90 Å². The number of nitrogens with two attached hydrogens (primary N) is 3. The van der Waals surface area contributed by atoms with Gasteiger partial charge in [-0.15, -0.1) is 0 Å². The summed E-state index contributed by atoms with van der Waals surface area (Å²) in [7, 11) is 0. The minimum Gasteiger partial charge on any atom is -0.369 e. The van der Waals surface area contributed by atoms with Crippen molar-refractivity contribution >= 4 is 23.7 Å². The summed E-state index contributed by atoms with van der Waals surface area (Å²) in [5.74, 6) is -4.30. The van der Waals surface area contributed by atoms with Gasteiger partial charge in [0, 0.05) is 0 Å². The van der Waals surface area contributed by atoms with E-state index in [1.54, 1.807) is 0 Å². The zero-order valence-electron chi connectivity index (χ0n) is 6.00. The van der Waals surface area contributed by atoms with Crippen LogP contribution in [0.15, 0.2) is 0 Å². The Morgan fingerprint density at radius 2 is 1.33 bits per heavy atom. The van der Waals surface area contributed by atoms with Crippen LogP contribution >= 0.6 is 0 Å². The number of hydrogen-bond donors (Lipinski definition) is 5. The van der Waals surface area contributed by atoms with Crippen LogP contribution in [0.2, 0.25) is 0 Å². The van der Waals surface area contributed by atoms with Crippen molar-refractivity contribution in [3.63, 3.8) is 0 Å². The number of nitrogens with one attached hydrogen (secondary N) is 2. The van der Waals surface area contributed by atoms with Crippen LogP contribution in [0.4, 0.5) is 0 Å². The summed E-state index contributed by atoms with van der Waals surface area (Å²) in [6.45, 7) is 0. The summed E-state index contributed by atoms with van der Waals surface area (Å²) in [6, 6.07) is 0. The number of carbonyl (C=O) groups is 2. The molecule has 8 heteroatoms. The predicted octanol–water partition coefficient (Wildman–Crippen LogP) is -2.91. The maximum atomic E-state index is 10.7. The predicted molar refractivity (Wildman–Crippen MR) is 39.9 cm³/mol. The van der Waals surface area contributed by atoms with Gasteiger partial charge in [-0.2, -0.15) is 0 Å². The Balaban J connectivity index is 4.76. The van der Waals surface area contributed by atoms with Crippen LogP contribution in [0.25, 0.3) is 0 Å². The second kappa shape index (κ2) is 3.32. The molecule has 2 amide bonds. The zero-order chi connectivity index (χ0) is 9.89. The summed E-state index contributed by atoms with van der Waals surface area (Å²) in [5.41, 5.74) is 14.3. The Morgan fingerprint density at radius 3 is 1.42 bits per heavy atom. The van der Waals surface area contributed by atoms with Gasteiger partial charge >= 0.3 is 11.8 Å². The van der Waals surface area contributed by atoms with E-state index in [0.717, 1.165) is 0 Å². The molecule has 0 aliphatic heterocycles. The van der Waals surface area contributed by atoms with Gasteiger partial charge in [0.25, 0.3) is 0 Å². The Labute approximate surface area is 67.3 Å². The molecular formula is C4H8N6O2. The average molecular weight is 172 g/mol. The number of primary amides is 1. The topological polar surface area (TPSA) is 163 Å². The van der Waals surface area contributed by atoms with E-state index in [9.17, 15) is 9.59 Å². The van der Waals surface area contributed by atoms with Gasteiger partial charge in [0.05, 0.1) is 0 Å². The maximum absolute atomic E-state index is 10.7. The van der Waals surface area contributed by atoms with Crippen LogP contribution < -0.4 is 17.2 Å². The van der Waals surface area contributed by atoms with Crippen LogP contribution in [0.1, 0.15) is 0 Å². The highest BCUT2D eigenvalue weighted by Gasteiger charge is 2.23. The van der Waals surface area contributed by atoms with Gasteiger partial charge in [-0.05, 0) is 0 Å². The molecule has 0 aliphatic carbocycles. The Morgan fingerprint density at radius 1 is 1.00 bits per heavy atom. The van der Waals surface area contributed by atoms with Crippen molar-refractivity contribution in [1.82, 2.24) is 4.90 Å². The van der Waals surface area contributed by atoms with Crippen molar-refractivity contribution in [3.05, 3.63) is 0 Å². The first-order valence-electron chi connectivity index (χ1n) is 2.70. The van der Waals surface area contributed by atoms with Gasteiger partial charge in [0.15, 0.2) is 0 Å². The summed E-state index contributed by atoms with van der Waals surface area (Å²) >= 11 is 0. The van der Waals surface area contributed by atoms with Gasteiger partial charge < -0.3 is 17.2 Å². The summed E-state index contributed by atoms with van der Waals surface area (Å²) < 4.78 is 0. The molecule has 0 saturated heterocycles. The highest BCUT2D eigenvalue weighted by molar-refractivity contribution is 6.40. The van der Waals surface area contributed by atoms with E-state index in [1.165, 1.54) is 0 Å². The molecule has 8 N–H and O–H groups in total. The number of nitrogens with zero attached hydrogens (tertiary/aromatic N) is 1. The quantitative estimate of drug-likeness (QED) is 0.150. The van der Waals surface area contributed by atoms with E-state index in [0.29, 0.717) is 0 Å². The van der Waals surface area contributed by atoms with Crippen molar-refractivity contribution in [2.75, 3.05) is 0 Å². The van der Waals surface area contributed by atoms with Crippen molar-refractivity contribution in [2.24, 2.45) is 17.2 Å². The minimum absolute atomic E-state index is 0.183. The number of amides is 2. The van der Waals surface area contributed by atoms with Crippen LogP contribution in [0.5, 0.6) is 0 Å². The molecule has 0 rings (SSSR count). The van der Waals surface area contributed by atoms with Gasteiger partial charge in [-0.1, -0.05) is 0 Å². The van der Waals surface area contributed by atoms with E-state index < -0.39 is 23.7 Å². The molecule has 0 aliphatic rings. The lowest BCUT2D eigenvalue weighted by Gasteiger charge is -2.15. The Kier molecular flexibility index (Phi) is 2.74. The fraction of sp³-hybridized carbons (Fsp3) is 0. The lowest BCUT2D eigenvalue weighted by molar-refractivity contribution is -0.139. The second-order valence-corrected chi connectivity index (χ2v) is 1.78. The third-order valence-corrected chi connectivity index (χ3v) is 0.896. The van der Waals surface area contributed by atoms with E-state index in [2.05, 4.69) is 5.73 Å². The summed E-state index contributed by atoms with van der Waals surface area (Å²) in [5, 5.41) is 13.5. The first-order valence-corrected chi connectivity index (χ1v) is 2.70. The number of carbonyl (C=O) groups excluding carboxylic acids is 2. The van der Waals surface area contributed by atoms with Crippen molar-refractivity contribution in [2.45, 2.75) is 0 Å². The molecule has 0 unspecified atom stereocenters. The summed E-state index contributed by atoms with van der Waals surface area (Å²) in [4.78, 5) is 21.2. The lowest BCUT2D eigenvalue weighted by Crippen LogP contribution is -2.52. The summed E-state index contributed by atoms with van der Waals surface area (Å²) in [6.07, 6.45) is 0. The molecule has 0 atom stereocenters. The second-order valence-electron chi connectivity index (χ2n) is 1.78. The minimum atomic E-state index is -1.33. The van der Waals surface area contributed by atoms with Crippen LogP contribution in [0.3, 0.4) is 0 Å². The molecule has 0 aromatic carbocycles. The normalized spacial score (nSPS) is 8.67. The van der Waals surface area contributed by atoms with Crippen molar-refractivity contribution in [3.8, 4) is 0 Å². The van der Waals surface area contributed by atoms with E-state index in [4.69, 9.17) is 22.3 Å². The molecule has 0 spiro atoms. The maximum Gasteiger partial charge on any atom is 0.325 e. The highest BCUT2D eigenvalue weighted by atomic mass is 16.2. The average Bonchev–Trinajstić information content (AvgIpc) is 1.85. The third-order valence-electron chi connectivity index (χ3n) is 0.896. The van der Waals surface area contributed by atoms with Crippen molar-refractivity contribution in [1.29, 1.82) is 10.8 Å². The molecule has 0 fully saturated rings. The van der Waals surface area contributed by atoms with Crippen molar-refractivity contribution < 1.29 is 9.59 Å². The Bertz CT molecular complexity index is 244. The molecule has 0 radical (unpaired) electrons. The van der Waals surface area contributed by atoms with Crippen LogP contribution in [0, 0.1) is 10.8 Å². The molecule has 8 nitrogen and oxygen atoms in total. The van der Waals surface area contributed by atoms with Crippen LogP contribution in [-0.4, -0.2) is 28.6 Å². The molecule has 0 saturated carbocycles. The SMILES string of the molecule is N=C(N)N(C(=N)N)C(=O)C(N)=O. The molecule has 0 aromatic rings. The standard InChI is InChI=1S/C4H8N6O2/c5-1(11)2(12)10(3(6)7)4(8)9/h(H2,5,11)(H3,6,7)(H3,8,9). The molecule has 12 heavy (non-hydrogen) atoms. The molecule has 0 heterocycles. The van der Waals surface area contributed by atoms with E-state index in [-0.39, 0.29) is 4.90 Å². The monoisotopic (exact) mass is 172 g/mol. The van der Waals surface area contributed by atoms with E-state index in [1.807, 2.05) is 0 Å². The highest BCUT2D eigenvalue weighted by Crippen LogP contribution is 1.85. The number of guanidine groups is 2. The molecule has 66 valence electrons. The number of hydrogen-bond acceptors (Lipinski definition) is 4. The first-order chi connectivity index (χ1) is 5.37. The van der Waals surface area contributed by atoms with E-state index >= 15 is 0 Å². The number of rotatable bonds is 0. The Hall–Kier alpha value is -2.12. The fourth-order valence-corrected chi connectivity index (χ4v) is 0.459. The molecule has 0 bridgehead atoms. The van der Waals surface area contributed by atoms with Gasteiger partial charge in [0.2, 0.25) is 11.9 Å². The lowest BCUT2D eigenvalue weighted by atomic mass is 10.5. The smallest absolute Gasteiger partial charge is 0.325 e. The largest absolute Gasteiger partial charge is 0.369 e. The fourth-order valence-electron chi connectivity index (χ4n) is 0.459.